The van der Waals surface area contributed by atoms with Crippen molar-refractivity contribution in [3.63, 3.8) is 0 Å². The predicted octanol–water partition coefficient (Wildman–Crippen LogP) is 3.24. The second-order valence-corrected chi connectivity index (χ2v) is 7.50. The number of likely N-dealkylation sites (tertiary alicyclic amines) is 1. The van der Waals surface area contributed by atoms with Crippen molar-refractivity contribution in [1.29, 1.82) is 0 Å². The minimum Gasteiger partial charge on any atom is -0.444 e. The summed E-state index contributed by atoms with van der Waals surface area (Å²) in [6, 6.07) is 9.33. The van der Waals surface area contributed by atoms with Crippen molar-refractivity contribution in [1.82, 2.24) is 15.2 Å². The first-order valence-electron chi connectivity index (χ1n) is 8.72. The summed E-state index contributed by atoms with van der Waals surface area (Å²) in [6.07, 6.45) is 1.08. The van der Waals surface area contributed by atoms with Gasteiger partial charge in [0.25, 0.3) is 5.91 Å². The Morgan fingerprint density at radius 3 is 2.56 bits per heavy atom. The first-order valence-corrected chi connectivity index (χ1v) is 8.72. The molecule has 1 saturated heterocycles. The third-order valence-electron chi connectivity index (χ3n) is 4.01. The molecule has 2 heterocycles. The third-order valence-corrected chi connectivity index (χ3v) is 4.01. The van der Waals surface area contributed by atoms with Crippen LogP contribution in [0.15, 0.2) is 42.6 Å². The fourth-order valence-electron chi connectivity index (χ4n) is 2.66. The van der Waals surface area contributed by atoms with Crippen LogP contribution in [-0.2, 0) is 4.74 Å². The SMILES string of the molecule is CC(C)(C)OC(=O)N1CC(NC(=O)c2ccc(-c3cccc(F)c3)nc2)C1. The van der Waals surface area contributed by atoms with Crippen LogP contribution in [0.25, 0.3) is 11.3 Å². The van der Waals surface area contributed by atoms with Gasteiger partial charge in [-0.15, -0.1) is 0 Å². The molecule has 1 fully saturated rings. The molecule has 1 N–H and O–H groups in total. The molecule has 1 aliphatic heterocycles. The summed E-state index contributed by atoms with van der Waals surface area (Å²) in [5.41, 5.74) is 1.10. The highest BCUT2D eigenvalue weighted by Gasteiger charge is 2.34. The van der Waals surface area contributed by atoms with Gasteiger partial charge in [-0.05, 0) is 45.0 Å². The molecule has 1 aromatic carbocycles. The van der Waals surface area contributed by atoms with Gasteiger partial charge in [-0.25, -0.2) is 9.18 Å². The van der Waals surface area contributed by atoms with Gasteiger partial charge in [-0.1, -0.05) is 12.1 Å². The Morgan fingerprint density at radius 2 is 1.96 bits per heavy atom. The Morgan fingerprint density at radius 1 is 1.22 bits per heavy atom. The lowest BCUT2D eigenvalue weighted by Gasteiger charge is -2.39. The lowest BCUT2D eigenvalue weighted by atomic mass is 10.1. The van der Waals surface area contributed by atoms with E-state index in [0.717, 1.165) is 0 Å². The highest BCUT2D eigenvalue weighted by molar-refractivity contribution is 5.94. The lowest BCUT2D eigenvalue weighted by molar-refractivity contribution is 0.00533. The summed E-state index contributed by atoms with van der Waals surface area (Å²) >= 11 is 0. The summed E-state index contributed by atoms with van der Waals surface area (Å²) < 4.78 is 18.6. The molecule has 0 spiro atoms. The molecule has 142 valence electrons. The van der Waals surface area contributed by atoms with Crippen molar-refractivity contribution in [3.8, 4) is 11.3 Å². The number of amides is 2. The molecule has 0 radical (unpaired) electrons. The number of benzene rings is 1. The van der Waals surface area contributed by atoms with Crippen molar-refractivity contribution in [2.45, 2.75) is 32.4 Å². The number of hydrogen-bond donors (Lipinski definition) is 1. The Balaban J connectivity index is 1.53. The molecule has 1 aliphatic rings. The number of halogens is 1. The molecular weight excluding hydrogens is 349 g/mol. The van der Waals surface area contributed by atoms with E-state index in [4.69, 9.17) is 4.74 Å². The van der Waals surface area contributed by atoms with Crippen LogP contribution in [0.5, 0.6) is 0 Å². The fourth-order valence-corrected chi connectivity index (χ4v) is 2.66. The van der Waals surface area contributed by atoms with Crippen molar-refractivity contribution in [3.05, 3.63) is 54.0 Å². The topological polar surface area (TPSA) is 71.5 Å². The Kier molecular flexibility index (Phi) is 5.12. The zero-order chi connectivity index (χ0) is 19.6. The van der Waals surface area contributed by atoms with Crippen LogP contribution in [0.1, 0.15) is 31.1 Å². The fraction of sp³-hybridized carbons (Fsp3) is 0.350. The third kappa shape index (κ3) is 4.81. The molecule has 1 aromatic heterocycles. The molecule has 0 saturated carbocycles. The average molecular weight is 371 g/mol. The molecular formula is C20H22FN3O3. The number of pyridine rings is 1. The van der Waals surface area contributed by atoms with E-state index in [2.05, 4.69) is 10.3 Å². The van der Waals surface area contributed by atoms with Gasteiger partial charge in [-0.2, -0.15) is 0 Å². The van der Waals surface area contributed by atoms with E-state index in [9.17, 15) is 14.0 Å². The molecule has 6 nitrogen and oxygen atoms in total. The Hall–Kier alpha value is -2.96. The molecule has 2 amide bonds. The zero-order valence-corrected chi connectivity index (χ0v) is 15.5. The highest BCUT2D eigenvalue weighted by atomic mass is 19.1. The zero-order valence-electron chi connectivity index (χ0n) is 15.5. The molecule has 2 aromatic rings. The Bertz CT molecular complexity index is 840. The smallest absolute Gasteiger partial charge is 0.410 e. The molecule has 27 heavy (non-hydrogen) atoms. The van der Waals surface area contributed by atoms with E-state index < -0.39 is 5.60 Å². The largest absolute Gasteiger partial charge is 0.444 e. The summed E-state index contributed by atoms with van der Waals surface area (Å²) in [5.74, 6) is -0.599. The number of aromatic nitrogens is 1. The molecule has 0 unspecified atom stereocenters. The summed E-state index contributed by atoms with van der Waals surface area (Å²) in [7, 11) is 0. The number of rotatable bonds is 3. The highest BCUT2D eigenvalue weighted by Crippen LogP contribution is 2.19. The van der Waals surface area contributed by atoms with Gasteiger partial charge in [0, 0.05) is 24.8 Å². The van der Waals surface area contributed by atoms with E-state index in [1.165, 1.54) is 18.3 Å². The average Bonchev–Trinajstić information content (AvgIpc) is 2.56. The number of nitrogens with zero attached hydrogens (tertiary/aromatic N) is 2. The number of ether oxygens (including phenoxy) is 1. The van der Waals surface area contributed by atoms with Crippen molar-refractivity contribution in [2.24, 2.45) is 0 Å². The van der Waals surface area contributed by atoms with Crippen LogP contribution >= 0.6 is 0 Å². The molecule has 3 rings (SSSR count). The van der Waals surface area contributed by atoms with Crippen LogP contribution in [0.4, 0.5) is 9.18 Å². The summed E-state index contributed by atoms with van der Waals surface area (Å²) in [6.45, 7) is 6.25. The van der Waals surface area contributed by atoms with Crippen LogP contribution in [0, 0.1) is 5.82 Å². The maximum Gasteiger partial charge on any atom is 0.410 e. The van der Waals surface area contributed by atoms with Gasteiger partial charge in [0.15, 0.2) is 0 Å². The Labute approximate surface area is 157 Å². The number of hydrogen-bond acceptors (Lipinski definition) is 4. The standard InChI is InChI=1S/C20H22FN3O3/c1-20(2,3)27-19(26)24-11-16(12-24)23-18(25)14-7-8-17(22-10-14)13-5-4-6-15(21)9-13/h4-10,16H,11-12H2,1-3H3,(H,23,25). The van der Waals surface area contributed by atoms with Gasteiger partial charge >= 0.3 is 6.09 Å². The van der Waals surface area contributed by atoms with Crippen LogP contribution < -0.4 is 5.32 Å². The second-order valence-electron chi connectivity index (χ2n) is 7.50. The van der Waals surface area contributed by atoms with Gasteiger partial charge in [0.05, 0.1) is 17.3 Å². The normalized spacial score (nSPS) is 14.4. The summed E-state index contributed by atoms with van der Waals surface area (Å²) in [4.78, 5) is 30.0. The minimum absolute atomic E-state index is 0.118. The van der Waals surface area contributed by atoms with Gasteiger partial charge in [0.1, 0.15) is 11.4 Å². The van der Waals surface area contributed by atoms with Gasteiger partial charge in [-0.3, -0.25) is 9.78 Å². The van der Waals surface area contributed by atoms with E-state index >= 15 is 0 Å². The molecule has 0 atom stereocenters. The minimum atomic E-state index is -0.541. The van der Waals surface area contributed by atoms with E-state index in [0.29, 0.717) is 29.9 Å². The van der Waals surface area contributed by atoms with Crippen molar-refractivity contribution in [2.75, 3.05) is 13.1 Å². The maximum absolute atomic E-state index is 13.3. The second kappa shape index (κ2) is 7.34. The lowest BCUT2D eigenvalue weighted by Crippen LogP contribution is -2.61. The number of carbonyl (C=O) groups is 2. The summed E-state index contributed by atoms with van der Waals surface area (Å²) in [5, 5.41) is 2.86. The van der Waals surface area contributed by atoms with E-state index in [1.54, 1.807) is 29.2 Å². The van der Waals surface area contributed by atoms with Crippen LogP contribution in [0.2, 0.25) is 0 Å². The van der Waals surface area contributed by atoms with Crippen LogP contribution in [-0.4, -0.2) is 46.6 Å². The quantitative estimate of drug-likeness (QED) is 0.899. The molecule has 7 heteroatoms. The van der Waals surface area contributed by atoms with E-state index in [-0.39, 0.29) is 23.9 Å². The maximum atomic E-state index is 13.3. The van der Waals surface area contributed by atoms with Crippen molar-refractivity contribution < 1.29 is 18.7 Å². The van der Waals surface area contributed by atoms with Crippen LogP contribution in [0.3, 0.4) is 0 Å². The number of nitrogens with one attached hydrogen (secondary N) is 1. The van der Waals surface area contributed by atoms with Crippen molar-refractivity contribution >= 4 is 12.0 Å². The predicted molar refractivity (Wildman–Crippen MR) is 98.7 cm³/mol. The first-order chi connectivity index (χ1) is 12.7. The molecule has 0 bridgehead atoms. The number of carbonyl (C=O) groups excluding carboxylic acids is 2. The monoisotopic (exact) mass is 371 g/mol. The molecule has 0 aliphatic carbocycles. The van der Waals surface area contributed by atoms with E-state index in [1.807, 2.05) is 20.8 Å². The van der Waals surface area contributed by atoms with Gasteiger partial charge in [0.2, 0.25) is 0 Å². The van der Waals surface area contributed by atoms with Gasteiger partial charge < -0.3 is 15.0 Å². The first kappa shape index (κ1) is 18.8.